The van der Waals surface area contributed by atoms with Gasteiger partial charge in [-0.2, -0.15) is 0 Å². The Hall–Kier alpha value is -3.28. The highest BCUT2D eigenvalue weighted by Crippen LogP contribution is 2.20. The Morgan fingerprint density at radius 1 is 0.917 bits per heavy atom. The molecule has 0 aliphatic rings. The largest absolute Gasteiger partial charge is 0.439 e. The van der Waals surface area contributed by atoms with Gasteiger partial charge in [-0.05, 0) is 42.5 Å². The van der Waals surface area contributed by atoms with E-state index >= 15 is 0 Å². The number of pyridine rings is 1. The molecule has 4 nitrogen and oxygen atoms in total. The molecular weight excluding hydrogens is 314 g/mol. The number of nitrogens with zero attached hydrogens (tertiary/aromatic N) is 1. The monoisotopic (exact) mass is 326 g/mol. The molecule has 0 bridgehead atoms. The van der Waals surface area contributed by atoms with E-state index in [1.165, 1.54) is 48.5 Å². The van der Waals surface area contributed by atoms with Crippen molar-refractivity contribution in [3.8, 4) is 11.6 Å². The molecule has 3 aromatic rings. The maximum atomic E-state index is 13.2. The number of amides is 1. The Morgan fingerprint density at radius 3 is 2.42 bits per heavy atom. The molecule has 0 saturated heterocycles. The molecule has 6 heteroatoms. The zero-order chi connectivity index (χ0) is 16.9. The maximum absolute atomic E-state index is 13.2. The summed E-state index contributed by atoms with van der Waals surface area (Å²) in [6.45, 7) is 0. The molecule has 2 aromatic carbocycles. The zero-order valence-corrected chi connectivity index (χ0v) is 12.4. The lowest BCUT2D eigenvalue weighted by atomic mass is 10.3. The Morgan fingerprint density at radius 2 is 1.67 bits per heavy atom. The molecule has 1 amide bonds. The van der Waals surface area contributed by atoms with Crippen LogP contribution < -0.4 is 10.1 Å². The van der Waals surface area contributed by atoms with Crippen molar-refractivity contribution in [2.45, 2.75) is 0 Å². The topological polar surface area (TPSA) is 51.2 Å². The Kier molecular flexibility index (Phi) is 4.47. The van der Waals surface area contributed by atoms with Gasteiger partial charge >= 0.3 is 0 Å². The first-order valence-electron chi connectivity index (χ1n) is 7.07. The lowest BCUT2D eigenvalue weighted by molar-refractivity contribution is 0.102. The van der Waals surface area contributed by atoms with Crippen molar-refractivity contribution in [1.82, 2.24) is 4.98 Å². The van der Waals surface area contributed by atoms with E-state index in [0.717, 1.165) is 0 Å². The molecule has 0 atom stereocenters. The first-order chi connectivity index (χ1) is 11.6. The van der Waals surface area contributed by atoms with Gasteiger partial charge in [0.15, 0.2) is 0 Å². The van der Waals surface area contributed by atoms with E-state index in [2.05, 4.69) is 10.3 Å². The second-order valence-corrected chi connectivity index (χ2v) is 4.88. The zero-order valence-electron chi connectivity index (χ0n) is 12.4. The Labute approximate surface area is 136 Å². The van der Waals surface area contributed by atoms with Crippen LogP contribution in [-0.2, 0) is 0 Å². The van der Waals surface area contributed by atoms with Crippen LogP contribution in [0, 0.1) is 11.6 Å². The number of carbonyl (C=O) groups is 1. The number of benzene rings is 2. The molecule has 0 aliphatic carbocycles. The van der Waals surface area contributed by atoms with Gasteiger partial charge in [-0.25, -0.2) is 13.8 Å². The molecule has 3 rings (SSSR count). The maximum Gasteiger partial charge on any atom is 0.274 e. The van der Waals surface area contributed by atoms with Crippen LogP contribution in [0.4, 0.5) is 14.5 Å². The smallest absolute Gasteiger partial charge is 0.274 e. The minimum atomic E-state index is -0.466. The number of aromatic nitrogens is 1. The number of anilines is 1. The molecule has 120 valence electrons. The number of nitrogens with one attached hydrogen (secondary N) is 1. The quantitative estimate of drug-likeness (QED) is 0.773. The van der Waals surface area contributed by atoms with Crippen LogP contribution >= 0.6 is 0 Å². The van der Waals surface area contributed by atoms with E-state index in [4.69, 9.17) is 4.74 Å². The Balaban J connectivity index is 1.74. The molecule has 0 fully saturated rings. The molecule has 24 heavy (non-hydrogen) atoms. The van der Waals surface area contributed by atoms with Crippen molar-refractivity contribution in [2.75, 3.05) is 5.32 Å². The SMILES string of the molecule is O=C(Nc1ccc(F)cc1)c1cccc(Oc2cccc(F)c2)n1. The summed E-state index contributed by atoms with van der Waals surface area (Å²) in [6.07, 6.45) is 0. The number of hydrogen-bond donors (Lipinski definition) is 1. The number of carbonyl (C=O) groups excluding carboxylic acids is 1. The van der Waals surface area contributed by atoms with Crippen LogP contribution in [-0.4, -0.2) is 10.9 Å². The van der Waals surface area contributed by atoms with E-state index in [1.54, 1.807) is 18.2 Å². The van der Waals surface area contributed by atoms with Gasteiger partial charge in [-0.1, -0.05) is 12.1 Å². The second-order valence-electron chi connectivity index (χ2n) is 4.88. The number of halogens is 2. The van der Waals surface area contributed by atoms with Crippen LogP contribution in [0.1, 0.15) is 10.5 Å². The lowest BCUT2D eigenvalue weighted by Gasteiger charge is -2.07. The Bertz CT molecular complexity index is 867. The molecule has 0 radical (unpaired) electrons. The van der Waals surface area contributed by atoms with Gasteiger partial charge in [0.1, 0.15) is 23.1 Å². The molecule has 1 aromatic heterocycles. The minimum absolute atomic E-state index is 0.119. The van der Waals surface area contributed by atoms with Crippen molar-refractivity contribution in [2.24, 2.45) is 0 Å². The third-order valence-electron chi connectivity index (χ3n) is 3.08. The van der Waals surface area contributed by atoms with Crippen LogP contribution in [0.2, 0.25) is 0 Å². The third-order valence-corrected chi connectivity index (χ3v) is 3.08. The van der Waals surface area contributed by atoms with Crippen LogP contribution in [0.15, 0.2) is 66.7 Å². The fraction of sp³-hybridized carbons (Fsp3) is 0. The van der Waals surface area contributed by atoms with E-state index in [-0.39, 0.29) is 17.3 Å². The van der Waals surface area contributed by atoms with E-state index < -0.39 is 17.5 Å². The van der Waals surface area contributed by atoms with Crippen LogP contribution in [0.25, 0.3) is 0 Å². The van der Waals surface area contributed by atoms with Gasteiger partial charge in [0.25, 0.3) is 5.91 Å². The van der Waals surface area contributed by atoms with Gasteiger partial charge in [0.05, 0.1) is 0 Å². The predicted octanol–water partition coefficient (Wildman–Crippen LogP) is 4.40. The van der Waals surface area contributed by atoms with Crippen molar-refractivity contribution < 1.29 is 18.3 Å². The predicted molar refractivity (Wildman–Crippen MR) is 85.1 cm³/mol. The summed E-state index contributed by atoms with van der Waals surface area (Å²) in [4.78, 5) is 16.3. The highest BCUT2D eigenvalue weighted by atomic mass is 19.1. The summed E-state index contributed by atoms with van der Waals surface area (Å²) in [6, 6.07) is 15.6. The fourth-order valence-corrected chi connectivity index (χ4v) is 1.98. The minimum Gasteiger partial charge on any atom is -0.439 e. The van der Waals surface area contributed by atoms with Crippen LogP contribution in [0.3, 0.4) is 0 Å². The normalized spacial score (nSPS) is 10.2. The molecule has 0 spiro atoms. The van der Waals surface area contributed by atoms with Gasteiger partial charge in [-0.15, -0.1) is 0 Å². The summed E-state index contributed by atoms with van der Waals surface area (Å²) < 4.78 is 31.5. The van der Waals surface area contributed by atoms with Gasteiger partial charge in [0.2, 0.25) is 5.88 Å². The first kappa shape index (κ1) is 15.6. The van der Waals surface area contributed by atoms with Gasteiger partial charge < -0.3 is 10.1 Å². The first-order valence-corrected chi connectivity index (χ1v) is 7.07. The van der Waals surface area contributed by atoms with Gasteiger partial charge in [0, 0.05) is 17.8 Å². The summed E-state index contributed by atoms with van der Waals surface area (Å²) in [5.74, 6) is -0.855. The fourth-order valence-electron chi connectivity index (χ4n) is 1.98. The highest BCUT2D eigenvalue weighted by molar-refractivity contribution is 6.02. The van der Waals surface area contributed by atoms with Crippen molar-refractivity contribution in [1.29, 1.82) is 0 Å². The van der Waals surface area contributed by atoms with Crippen molar-refractivity contribution in [3.63, 3.8) is 0 Å². The van der Waals surface area contributed by atoms with Gasteiger partial charge in [-0.3, -0.25) is 4.79 Å². The lowest BCUT2D eigenvalue weighted by Crippen LogP contribution is -2.13. The molecular formula is C18H12F2N2O2. The number of rotatable bonds is 4. The third kappa shape index (κ3) is 3.92. The number of hydrogen-bond acceptors (Lipinski definition) is 3. The van der Waals surface area contributed by atoms with Crippen molar-refractivity contribution in [3.05, 3.63) is 84.1 Å². The number of ether oxygens (including phenoxy) is 1. The molecule has 1 heterocycles. The van der Waals surface area contributed by atoms with E-state index in [0.29, 0.717) is 5.69 Å². The second kappa shape index (κ2) is 6.87. The summed E-state index contributed by atoms with van der Waals surface area (Å²) >= 11 is 0. The average molecular weight is 326 g/mol. The molecule has 0 aliphatic heterocycles. The standard InChI is InChI=1S/C18H12F2N2O2/c19-12-7-9-14(10-8-12)21-18(23)16-5-2-6-17(22-16)24-15-4-1-3-13(20)11-15/h1-11H,(H,21,23). The molecule has 0 unspecified atom stereocenters. The summed E-state index contributed by atoms with van der Waals surface area (Å²) in [5, 5.41) is 2.60. The van der Waals surface area contributed by atoms with E-state index in [1.807, 2.05) is 0 Å². The van der Waals surface area contributed by atoms with Crippen LogP contribution in [0.5, 0.6) is 11.6 Å². The highest BCUT2D eigenvalue weighted by Gasteiger charge is 2.10. The van der Waals surface area contributed by atoms with Crippen molar-refractivity contribution >= 4 is 11.6 Å². The average Bonchev–Trinajstić information content (AvgIpc) is 2.57. The molecule has 0 saturated carbocycles. The summed E-state index contributed by atoms with van der Waals surface area (Å²) in [5.41, 5.74) is 0.563. The van der Waals surface area contributed by atoms with E-state index in [9.17, 15) is 13.6 Å². The molecule has 1 N–H and O–H groups in total. The summed E-state index contributed by atoms with van der Waals surface area (Å²) in [7, 11) is 0.